The van der Waals surface area contributed by atoms with E-state index in [-0.39, 0.29) is 0 Å². The molecule has 1 aromatic carbocycles. The fraction of sp³-hybridized carbons (Fsp3) is 0.545. The Morgan fingerprint density at radius 3 is 2.44 bits per heavy atom. The maximum absolute atomic E-state index is 13.5. The zero-order valence-electron chi connectivity index (χ0n) is 15.9. The summed E-state index contributed by atoms with van der Waals surface area (Å²) in [6, 6.07) is 11.0. The molecule has 0 aliphatic heterocycles. The van der Waals surface area contributed by atoms with Crippen LogP contribution in [0.5, 0.6) is 0 Å². The third kappa shape index (κ3) is 3.33. The van der Waals surface area contributed by atoms with Crippen molar-refractivity contribution in [2.75, 3.05) is 0 Å². The van der Waals surface area contributed by atoms with Crippen molar-refractivity contribution in [2.45, 2.75) is 52.4 Å². The lowest BCUT2D eigenvalue weighted by molar-refractivity contribution is -0.133. The van der Waals surface area contributed by atoms with Crippen molar-refractivity contribution in [3.05, 3.63) is 46.2 Å². The Labute approximate surface area is 163 Å². The van der Waals surface area contributed by atoms with E-state index in [1.807, 2.05) is 6.07 Å². The van der Waals surface area contributed by atoms with Crippen molar-refractivity contribution in [1.82, 2.24) is 5.32 Å². The predicted octanol–water partition coefficient (Wildman–Crippen LogP) is 6.59. The normalized spacial score (nSPS) is 29.4. The summed E-state index contributed by atoms with van der Waals surface area (Å²) in [4.78, 5) is 0.262. The molecule has 5 heteroatoms. The molecule has 0 amide bonds. The summed E-state index contributed by atoms with van der Waals surface area (Å²) in [6.07, 6.45) is -1.88. The van der Waals surface area contributed by atoms with Crippen LogP contribution in [0.2, 0.25) is 0 Å². The molecular weight excluding hydrogens is 367 g/mol. The average Bonchev–Trinajstić information content (AvgIpc) is 3.06. The van der Waals surface area contributed by atoms with Crippen molar-refractivity contribution in [3.63, 3.8) is 0 Å². The molecule has 2 aromatic rings. The van der Waals surface area contributed by atoms with Gasteiger partial charge in [0.15, 0.2) is 0 Å². The highest BCUT2D eigenvalue weighted by Gasteiger charge is 2.56. The first kappa shape index (κ1) is 19.0. The van der Waals surface area contributed by atoms with Gasteiger partial charge in [-0.15, -0.1) is 11.3 Å². The largest absolute Gasteiger partial charge is 0.426 e. The van der Waals surface area contributed by atoms with Crippen LogP contribution in [-0.2, 0) is 12.7 Å². The topological polar surface area (TPSA) is 12.0 Å². The molecule has 3 aliphatic rings. The number of halogens is 3. The van der Waals surface area contributed by atoms with Gasteiger partial charge in [0.1, 0.15) is 4.88 Å². The molecule has 3 fully saturated rings. The number of thiophene rings is 1. The summed E-state index contributed by atoms with van der Waals surface area (Å²) >= 11 is 0.875. The van der Waals surface area contributed by atoms with E-state index in [2.05, 4.69) is 26.1 Å². The first-order chi connectivity index (χ1) is 12.7. The van der Waals surface area contributed by atoms with Gasteiger partial charge >= 0.3 is 6.18 Å². The molecule has 0 saturated heterocycles. The smallest absolute Gasteiger partial charge is 0.309 e. The fourth-order valence-electron chi connectivity index (χ4n) is 5.22. The molecule has 1 heterocycles. The zero-order chi connectivity index (χ0) is 19.4. The van der Waals surface area contributed by atoms with E-state index >= 15 is 0 Å². The molecule has 4 atom stereocenters. The molecule has 5 rings (SSSR count). The Balaban J connectivity index is 1.51. The highest BCUT2D eigenvalue weighted by Crippen LogP contribution is 2.61. The van der Waals surface area contributed by atoms with Crippen molar-refractivity contribution >= 4 is 11.3 Å². The molecule has 0 radical (unpaired) electrons. The fourth-order valence-corrected chi connectivity index (χ4v) is 6.22. The maximum Gasteiger partial charge on any atom is 0.426 e. The summed E-state index contributed by atoms with van der Waals surface area (Å²) in [5.74, 6) is 2.04. The number of hydrogen-bond acceptors (Lipinski definition) is 2. The van der Waals surface area contributed by atoms with E-state index in [9.17, 15) is 13.2 Å². The summed E-state index contributed by atoms with van der Waals surface area (Å²) in [6.45, 7) is 7.53. The molecule has 3 aliphatic carbocycles. The Kier molecular flexibility index (Phi) is 4.66. The van der Waals surface area contributed by atoms with Crippen LogP contribution < -0.4 is 5.32 Å². The molecule has 1 N–H and O–H groups in total. The molecule has 27 heavy (non-hydrogen) atoms. The van der Waals surface area contributed by atoms with Gasteiger partial charge in [0, 0.05) is 23.0 Å². The molecule has 0 spiro atoms. The summed E-state index contributed by atoms with van der Waals surface area (Å²) in [7, 11) is 0. The van der Waals surface area contributed by atoms with Crippen LogP contribution in [0.25, 0.3) is 11.1 Å². The molecule has 146 valence electrons. The van der Waals surface area contributed by atoms with Gasteiger partial charge in [-0.05, 0) is 47.6 Å². The van der Waals surface area contributed by atoms with E-state index in [1.54, 1.807) is 30.3 Å². The van der Waals surface area contributed by atoms with Crippen LogP contribution in [0.3, 0.4) is 0 Å². The van der Waals surface area contributed by atoms with Crippen LogP contribution in [0.15, 0.2) is 36.4 Å². The van der Waals surface area contributed by atoms with Gasteiger partial charge in [-0.2, -0.15) is 13.2 Å². The van der Waals surface area contributed by atoms with Gasteiger partial charge < -0.3 is 5.32 Å². The first-order valence-corrected chi connectivity index (χ1v) is 10.5. The van der Waals surface area contributed by atoms with Gasteiger partial charge in [-0.3, -0.25) is 0 Å². The standard InChI is InChI=1S/C22H26F3NS/c1-13-18-9-15(21(18,2)3)10-19(13)26-12-16-11-17(14-7-5-4-6-8-14)20(27-16)22(23,24)25/h4-8,11,13,15,18-19,26H,9-10,12H2,1-3H3. The quantitative estimate of drug-likeness (QED) is 0.617. The van der Waals surface area contributed by atoms with Crippen LogP contribution >= 0.6 is 11.3 Å². The minimum Gasteiger partial charge on any atom is -0.309 e. The summed E-state index contributed by atoms with van der Waals surface area (Å²) < 4.78 is 40.6. The van der Waals surface area contributed by atoms with Crippen LogP contribution in [0.4, 0.5) is 13.2 Å². The highest BCUT2D eigenvalue weighted by molar-refractivity contribution is 7.12. The van der Waals surface area contributed by atoms with Crippen molar-refractivity contribution in [1.29, 1.82) is 0 Å². The lowest BCUT2D eigenvalue weighted by Crippen LogP contribution is -2.59. The Hall–Kier alpha value is -1.33. The van der Waals surface area contributed by atoms with Crippen LogP contribution in [0, 0.1) is 23.2 Å². The Morgan fingerprint density at radius 1 is 1.15 bits per heavy atom. The lowest BCUT2D eigenvalue weighted by Gasteiger charge is -2.62. The first-order valence-electron chi connectivity index (χ1n) is 9.66. The van der Waals surface area contributed by atoms with Crippen molar-refractivity contribution < 1.29 is 13.2 Å². The molecular formula is C22H26F3NS. The molecule has 1 aromatic heterocycles. The van der Waals surface area contributed by atoms with E-state index in [0.29, 0.717) is 35.0 Å². The van der Waals surface area contributed by atoms with Gasteiger partial charge in [-0.25, -0.2) is 0 Å². The van der Waals surface area contributed by atoms with Gasteiger partial charge in [-0.1, -0.05) is 51.1 Å². The second kappa shape index (κ2) is 6.63. The van der Waals surface area contributed by atoms with E-state index in [0.717, 1.165) is 34.5 Å². The van der Waals surface area contributed by atoms with Crippen LogP contribution in [-0.4, -0.2) is 6.04 Å². The summed E-state index contributed by atoms with van der Waals surface area (Å²) in [5, 5.41) is 3.57. The SMILES string of the molecule is CC1C(NCc2cc(-c3ccccc3)c(C(F)(F)F)s2)CC2CC1C2(C)C. The Bertz CT molecular complexity index is 809. The number of fused-ring (bicyclic) bond motifs is 2. The predicted molar refractivity (Wildman–Crippen MR) is 105 cm³/mol. The summed E-state index contributed by atoms with van der Waals surface area (Å²) in [5.41, 5.74) is 1.34. The number of hydrogen-bond donors (Lipinski definition) is 1. The van der Waals surface area contributed by atoms with Gasteiger partial charge in [0.05, 0.1) is 0 Å². The number of alkyl halides is 3. The van der Waals surface area contributed by atoms with Crippen molar-refractivity contribution in [3.8, 4) is 11.1 Å². The highest BCUT2D eigenvalue weighted by atomic mass is 32.1. The zero-order valence-corrected chi connectivity index (χ0v) is 16.8. The third-order valence-electron chi connectivity index (χ3n) is 7.02. The minimum absolute atomic E-state index is 0.297. The Morgan fingerprint density at radius 2 is 1.85 bits per heavy atom. The van der Waals surface area contributed by atoms with Crippen LogP contribution in [0.1, 0.15) is 43.4 Å². The second-order valence-corrected chi connectivity index (χ2v) is 9.90. The maximum atomic E-state index is 13.5. The molecule has 4 unspecified atom stereocenters. The third-order valence-corrected chi connectivity index (χ3v) is 8.20. The van der Waals surface area contributed by atoms with E-state index < -0.39 is 11.1 Å². The van der Waals surface area contributed by atoms with Gasteiger partial charge in [0.25, 0.3) is 0 Å². The number of rotatable bonds is 4. The number of benzene rings is 1. The minimum atomic E-state index is -4.32. The van der Waals surface area contributed by atoms with E-state index in [1.165, 1.54) is 6.42 Å². The van der Waals surface area contributed by atoms with E-state index in [4.69, 9.17) is 0 Å². The monoisotopic (exact) mass is 393 g/mol. The molecule has 1 nitrogen and oxygen atoms in total. The number of nitrogens with one attached hydrogen (secondary N) is 1. The van der Waals surface area contributed by atoms with Crippen molar-refractivity contribution in [2.24, 2.45) is 23.2 Å². The lowest BCUT2D eigenvalue weighted by atomic mass is 9.45. The average molecular weight is 394 g/mol. The molecule has 2 bridgehead atoms. The van der Waals surface area contributed by atoms with Gasteiger partial charge in [0.2, 0.25) is 0 Å². The second-order valence-electron chi connectivity index (χ2n) is 8.76. The molecule has 3 saturated carbocycles.